The minimum Gasteiger partial charge on any atom is -0.382 e. The number of ether oxygens (including phenoxy) is 3. The molecule has 2 rings (SSSR count). The molecule has 0 bridgehead atoms. The number of hydrogen-bond acceptors (Lipinski definition) is 4. The van der Waals surface area contributed by atoms with Gasteiger partial charge >= 0.3 is 6.03 Å². The molecule has 0 saturated carbocycles. The fourth-order valence-electron chi connectivity index (χ4n) is 2.62. The number of benzene rings is 1. The Morgan fingerprint density at radius 2 is 2.04 bits per heavy atom. The van der Waals surface area contributed by atoms with Gasteiger partial charge in [0.25, 0.3) is 0 Å². The maximum absolute atomic E-state index is 12.4. The molecule has 1 fully saturated rings. The highest BCUT2D eigenvalue weighted by atomic mass is 16.5. The third-order valence-corrected chi connectivity index (χ3v) is 3.59. The van der Waals surface area contributed by atoms with Crippen LogP contribution in [0.25, 0.3) is 0 Å². The maximum Gasteiger partial charge on any atom is 0.322 e. The molecule has 0 aromatic heterocycles. The Bertz CT molecular complexity index is 499. The zero-order chi connectivity index (χ0) is 16.7. The molecular weight excluding hydrogens is 296 g/mol. The minimum atomic E-state index is -0.0931. The Kier molecular flexibility index (Phi) is 6.83. The lowest BCUT2D eigenvalue weighted by Gasteiger charge is -2.35. The number of anilines is 1. The van der Waals surface area contributed by atoms with Crippen LogP contribution in [-0.2, 0) is 20.8 Å². The fourth-order valence-corrected chi connectivity index (χ4v) is 2.62. The predicted molar refractivity (Wildman–Crippen MR) is 88.6 cm³/mol. The molecule has 128 valence electrons. The second kappa shape index (κ2) is 8.86. The highest BCUT2D eigenvalue weighted by Gasteiger charge is 2.25. The number of amides is 2. The fraction of sp³-hybridized carbons (Fsp3) is 0.588. The lowest BCUT2D eigenvalue weighted by molar-refractivity contribution is -0.0530. The first-order valence-corrected chi connectivity index (χ1v) is 7.95. The van der Waals surface area contributed by atoms with E-state index in [1.165, 1.54) is 0 Å². The van der Waals surface area contributed by atoms with Crippen LogP contribution in [0, 0.1) is 0 Å². The quantitative estimate of drug-likeness (QED) is 0.818. The molecule has 2 atom stereocenters. The van der Waals surface area contributed by atoms with Gasteiger partial charge in [0, 0.05) is 25.9 Å². The average Bonchev–Trinajstić information content (AvgIpc) is 2.51. The van der Waals surface area contributed by atoms with Crippen molar-refractivity contribution in [2.75, 3.05) is 38.7 Å². The number of methoxy groups -OCH3 is 1. The Balaban J connectivity index is 1.88. The third-order valence-electron chi connectivity index (χ3n) is 3.59. The van der Waals surface area contributed by atoms with Crippen molar-refractivity contribution in [3.63, 3.8) is 0 Å². The summed E-state index contributed by atoms with van der Waals surface area (Å²) < 4.78 is 16.1. The van der Waals surface area contributed by atoms with Gasteiger partial charge in [-0.25, -0.2) is 4.79 Å². The number of urea groups is 1. The molecule has 1 heterocycles. The van der Waals surface area contributed by atoms with Crippen LogP contribution in [0.3, 0.4) is 0 Å². The van der Waals surface area contributed by atoms with Crippen LogP contribution in [0.15, 0.2) is 24.3 Å². The third kappa shape index (κ3) is 5.82. The number of nitrogens with one attached hydrogen (secondary N) is 1. The number of nitrogens with zero attached hydrogens (tertiary/aromatic N) is 1. The molecule has 0 spiro atoms. The summed E-state index contributed by atoms with van der Waals surface area (Å²) >= 11 is 0. The van der Waals surface area contributed by atoms with Gasteiger partial charge in [-0.3, -0.25) is 0 Å². The summed E-state index contributed by atoms with van der Waals surface area (Å²) in [6, 6.07) is 7.60. The van der Waals surface area contributed by atoms with E-state index >= 15 is 0 Å². The summed E-state index contributed by atoms with van der Waals surface area (Å²) in [4.78, 5) is 14.2. The van der Waals surface area contributed by atoms with Crippen molar-refractivity contribution in [1.29, 1.82) is 0 Å². The first kappa shape index (κ1) is 17.7. The largest absolute Gasteiger partial charge is 0.382 e. The molecule has 1 N–H and O–H groups in total. The van der Waals surface area contributed by atoms with E-state index in [2.05, 4.69) is 5.32 Å². The Morgan fingerprint density at radius 1 is 1.30 bits per heavy atom. The van der Waals surface area contributed by atoms with Gasteiger partial charge < -0.3 is 24.4 Å². The van der Waals surface area contributed by atoms with Crippen molar-refractivity contribution in [1.82, 2.24) is 4.90 Å². The number of morpholine rings is 1. The van der Waals surface area contributed by atoms with E-state index in [0.29, 0.717) is 32.9 Å². The van der Waals surface area contributed by atoms with Crippen LogP contribution in [0.1, 0.15) is 19.4 Å². The molecule has 1 aliphatic rings. The summed E-state index contributed by atoms with van der Waals surface area (Å²) in [5.74, 6) is 0. The van der Waals surface area contributed by atoms with Crippen LogP contribution in [0.4, 0.5) is 10.5 Å². The molecule has 1 aliphatic heterocycles. The standard InChI is InChI=1S/C17H26N2O4/c1-13-10-19(11-14(2)23-13)17(20)18-16-6-4-5-15(9-16)12-22-8-7-21-3/h4-6,9,13-14H,7-8,10-12H2,1-3H3,(H,18,20)/t13-,14-/m1/s1. The summed E-state index contributed by atoms with van der Waals surface area (Å²) in [6.45, 7) is 6.80. The Hall–Kier alpha value is -1.63. The summed E-state index contributed by atoms with van der Waals surface area (Å²) in [7, 11) is 1.65. The van der Waals surface area contributed by atoms with Crippen LogP contribution in [0.5, 0.6) is 0 Å². The molecule has 1 aromatic carbocycles. The molecule has 6 nitrogen and oxygen atoms in total. The van der Waals surface area contributed by atoms with E-state index < -0.39 is 0 Å². The van der Waals surface area contributed by atoms with Gasteiger partial charge in [-0.15, -0.1) is 0 Å². The number of rotatable bonds is 6. The van der Waals surface area contributed by atoms with Crippen molar-refractivity contribution < 1.29 is 19.0 Å². The molecule has 0 aliphatic carbocycles. The van der Waals surface area contributed by atoms with Crippen molar-refractivity contribution in [2.24, 2.45) is 0 Å². The highest BCUT2D eigenvalue weighted by Crippen LogP contribution is 2.15. The van der Waals surface area contributed by atoms with Gasteiger partial charge in [-0.1, -0.05) is 12.1 Å². The molecule has 1 saturated heterocycles. The van der Waals surface area contributed by atoms with E-state index in [4.69, 9.17) is 14.2 Å². The highest BCUT2D eigenvalue weighted by molar-refractivity contribution is 5.89. The Morgan fingerprint density at radius 3 is 2.74 bits per heavy atom. The minimum absolute atomic E-state index is 0.0602. The topological polar surface area (TPSA) is 60.0 Å². The first-order chi connectivity index (χ1) is 11.1. The zero-order valence-electron chi connectivity index (χ0n) is 14.1. The van der Waals surface area contributed by atoms with E-state index in [9.17, 15) is 4.79 Å². The van der Waals surface area contributed by atoms with E-state index in [1.54, 1.807) is 12.0 Å². The SMILES string of the molecule is COCCOCc1cccc(NC(=O)N2C[C@@H](C)O[C@H](C)C2)c1. The monoisotopic (exact) mass is 322 g/mol. The van der Waals surface area contributed by atoms with Gasteiger partial charge in [-0.2, -0.15) is 0 Å². The summed E-state index contributed by atoms with van der Waals surface area (Å²) in [5.41, 5.74) is 1.79. The van der Waals surface area contributed by atoms with Crippen LogP contribution in [0.2, 0.25) is 0 Å². The normalized spacial score (nSPS) is 21.3. The molecule has 23 heavy (non-hydrogen) atoms. The smallest absolute Gasteiger partial charge is 0.322 e. The average molecular weight is 322 g/mol. The van der Waals surface area contributed by atoms with E-state index in [1.807, 2.05) is 38.1 Å². The summed E-state index contributed by atoms with van der Waals surface area (Å²) in [6.07, 6.45) is 0.120. The second-order valence-corrected chi connectivity index (χ2v) is 5.84. The molecule has 6 heteroatoms. The van der Waals surface area contributed by atoms with Gasteiger partial charge in [0.2, 0.25) is 0 Å². The van der Waals surface area contributed by atoms with Crippen LogP contribution in [-0.4, -0.2) is 56.6 Å². The van der Waals surface area contributed by atoms with Crippen LogP contribution >= 0.6 is 0 Å². The second-order valence-electron chi connectivity index (χ2n) is 5.84. The van der Waals surface area contributed by atoms with Crippen molar-refractivity contribution in [3.05, 3.63) is 29.8 Å². The lowest BCUT2D eigenvalue weighted by atomic mass is 10.2. The molecule has 2 amide bonds. The van der Waals surface area contributed by atoms with E-state index in [-0.39, 0.29) is 18.2 Å². The number of carbonyl (C=O) groups excluding carboxylic acids is 1. The van der Waals surface area contributed by atoms with Gasteiger partial charge in [-0.05, 0) is 31.5 Å². The Labute approximate surface area is 137 Å². The molecule has 0 unspecified atom stereocenters. The van der Waals surface area contributed by atoms with Crippen molar-refractivity contribution in [3.8, 4) is 0 Å². The van der Waals surface area contributed by atoms with Crippen molar-refractivity contribution >= 4 is 11.7 Å². The van der Waals surface area contributed by atoms with Crippen molar-refractivity contribution in [2.45, 2.75) is 32.7 Å². The van der Waals surface area contributed by atoms with Gasteiger partial charge in [0.15, 0.2) is 0 Å². The molecule has 1 aromatic rings. The predicted octanol–water partition coefficient (Wildman–Crippen LogP) is 2.49. The van der Waals surface area contributed by atoms with Crippen LogP contribution < -0.4 is 5.32 Å². The first-order valence-electron chi connectivity index (χ1n) is 7.95. The number of carbonyl (C=O) groups is 1. The van der Waals surface area contributed by atoms with Gasteiger partial charge in [0.05, 0.1) is 32.0 Å². The van der Waals surface area contributed by atoms with E-state index in [0.717, 1.165) is 11.3 Å². The molecule has 0 radical (unpaired) electrons. The number of hydrogen-bond donors (Lipinski definition) is 1. The lowest BCUT2D eigenvalue weighted by Crippen LogP contribution is -2.49. The van der Waals surface area contributed by atoms with Gasteiger partial charge in [0.1, 0.15) is 0 Å². The zero-order valence-corrected chi connectivity index (χ0v) is 14.1. The molecular formula is C17H26N2O4. The summed E-state index contributed by atoms with van der Waals surface area (Å²) in [5, 5.41) is 2.95. The maximum atomic E-state index is 12.4.